The smallest absolute Gasteiger partial charge is 0.253 e. The average Bonchev–Trinajstić information content (AvgIpc) is 3.10. The normalized spacial score (nSPS) is 22.5. The highest BCUT2D eigenvalue weighted by molar-refractivity contribution is 5.94. The predicted molar refractivity (Wildman–Crippen MR) is 80.3 cm³/mol. The summed E-state index contributed by atoms with van der Waals surface area (Å²) in [6, 6.07) is 3.60. The van der Waals surface area contributed by atoms with Gasteiger partial charge in [-0.3, -0.25) is 14.6 Å². The number of likely N-dealkylation sites (tertiary alicyclic amines) is 1. The molecule has 2 aliphatic heterocycles. The van der Waals surface area contributed by atoms with Gasteiger partial charge in [-0.2, -0.15) is 0 Å². The Morgan fingerprint density at radius 1 is 1.18 bits per heavy atom. The maximum absolute atomic E-state index is 12.3. The van der Waals surface area contributed by atoms with Crippen molar-refractivity contribution in [3.8, 4) is 0 Å². The quantitative estimate of drug-likeness (QED) is 0.903. The Morgan fingerprint density at radius 2 is 1.91 bits per heavy atom. The highest BCUT2D eigenvalue weighted by Crippen LogP contribution is 2.16. The van der Waals surface area contributed by atoms with Gasteiger partial charge in [-0.1, -0.05) is 0 Å². The van der Waals surface area contributed by atoms with E-state index in [1.165, 1.54) is 0 Å². The Bertz CT molecular complexity index is 521. The van der Waals surface area contributed by atoms with Crippen LogP contribution in [-0.4, -0.2) is 53.5 Å². The van der Waals surface area contributed by atoms with Crippen molar-refractivity contribution in [2.75, 3.05) is 19.7 Å². The molecule has 2 amide bonds. The lowest BCUT2D eigenvalue weighted by Crippen LogP contribution is -2.48. The van der Waals surface area contributed by atoms with Crippen molar-refractivity contribution in [2.24, 2.45) is 0 Å². The molecular formula is C16H21N3O3. The first kappa shape index (κ1) is 15.0. The molecule has 6 heteroatoms. The molecule has 1 N–H and O–H groups in total. The summed E-state index contributed by atoms with van der Waals surface area (Å²) in [5, 5.41) is 3.05. The Balaban J connectivity index is 1.48. The molecule has 0 aromatic carbocycles. The lowest BCUT2D eigenvalue weighted by atomic mass is 10.0. The number of aromatic nitrogens is 1. The number of piperidine rings is 1. The van der Waals surface area contributed by atoms with E-state index in [-0.39, 0.29) is 24.0 Å². The predicted octanol–water partition coefficient (Wildman–Crippen LogP) is 0.981. The van der Waals surface area contributed by atoms with E-state index in [1.54, 1.807) is 24.5 Å². The minimum atomic E-state index is -0.281. The molecule has 0 aliphatic carbocycles. The molecule has 6 nitrogen and oxygen atoms in total. The molecule has 0 spiro atoms. The Labute approximate surface area is 129 Å². The lowest BCUT2D eigenvalue weighted by molar-refractivity contribution is -0.131. The van der Waals surface area contributed by atoms with Gasteiger partial charge >= 0.3 is 0 Å². The molecule has 1 aromatic rings. The minimum absolute atomic E-state index is 0.00332. The van der Waals surface area contributed by atoms with Crippen molar-refractivity contribution in [1.82, 2.24) is 15.2 Å². The molecule has 3 heterocycles. The van der Waals surface area contributed by atoms with Crippen LogP contribution in [0.4, 0.5) is 0 Å². The van der Waals surface area contributed by atoms with Crippen molar-refractivity contribution < 1.29 is 14.3 Å². The fourth-order valence-electron chi connectivity index (χ4n) is 2.98. The zero-order valence-corrected chi connectivity index (χ0v) is 12.5. The topological polar surface area (TPSA) is 71.5 Å². The molecule has 2 fully saturated rings. The van der Waals surface area contributed by atoms with Gasteiger partial charge in [0.1, 0.15) is 6.10 Å². The monoisotopic (exact) mass is 303 g/mol. The maximum atomic E-state index is 12.3. The molecule has 1 atom stereocenters. The highest BCUT2D eigenvalue weighted by atomic mass is 16.5. The number of carbonyl (C=O) groups excluding carboxylic acids is 2. The van der Waals surface area contributed by atoms with Crippen molar-refractivity contribution in [3.63, 3.8) is 0 Å². The van der Waals surface area contributed by atoms with Crippen LogP contribution in [0.15, 0.2) is 24.5 Å². The number of hydrogen-bond donors (Lipinski definition) is 1. The van der Waals surface area contributed by atoms with Gasteiger partial charge < -0.3 is 15.0 Å². The first-order valence-corrected chi connectivity index (χ1v) is 7.85. The standard InChI is InChI=1S/C16H21N3O3/c20-15(14-2-1-11-22-14)18-13-5-9-19(10-6-13)16(21)12-3-7-17-8-4-12/h3-4,7-8,13-14H,1-2,5-6,9-11H2,(H,18,20)/t14-/m0/s1. The van der Waals surface area contributed by atoms with Crippen molar-refractivity contribution in [1.29, 1.82) is 0 Å². The van der Waals surface area contributed by atoms with E-state index in [9.17, 15) is 9.59 Å². The second kappa shape index (κ2) is 6.87. The molecule has 118 valence electrons. The molecular weight excluding hydrogens is 282 g/mol. The van der Waals surface area contributed by atoms with Crippen molar-refractivity contribution in [2.45, 2.75) is 37.8 Å². The summed E-state index contributed by atoms with van der Waals surface area (Å²) in [4.78, 5) is 30.1. The maximum Gasteiger partial charge on any atom is 0.253 e. The molecule has 2 saturated heterocycles. The first-order chi connectivity index (χ1) is 10.7. The summed E-state index contributed by atoms with van der Waals surface area (Å²) in [5.41, 5.74) is 0.664. The fourth-order valence-corrected chi connectivity index (χ4v) is 2.98. The third-order valence-corrected chi connectivity index (χ3v) is 4.28. The zero-order valence-electron chi connectivity index (χ0n) is 12.5. The SMILES string of the molecule is O=C(NC1CCN(C(=O)c2ccncc2)CC1)[C@@H]1CCCO1. The van der Waals surface area contributed by atoms with Gasteiger partial charge in [0, 0.05) is 43.7 Å². The van der Waals surface area contributed by atoms with Gasteiger partial charge in [0.05, 0.1) is 0 Å². The van der Waals surface area contributed by atoms with Crippen LogP contribution in [0.2, 0.25) is 0 Å². The van der Waals surface area contributed by atoms with E-state index in [0.717, 1.165) is 25.7 Å². The number of rotatable bonds is 3. The van der Waals surface area contributed by atoms with Crippen molar-refractivity contribution >= 4 is 11.8 Å². The van der Waals surface area contributed by atoms with E-state index in [4.69, 9.17) is 4.74 Å². The molecule has 3 rings (SSSR count). The largest absolute Gasteiger partial charge is 0.368 e. The molecule has 0 saturated carbocycles. The van der Waals surface area contributed by atoms with E-state index < -0.39 is 0 Å². The third-order valence-electron chi connectivity index (χ3n) is 4.28. The van der Waals surface area contributed by atoms with Crippen LogP contribution in [0.5, 0.6) is 0 Å². The van der Waals surface area contributed by atoms with E-state index in [0.29, 0.717) is 25.3 Å². The summed E-state index contributed by atoms with van der Waals surface area (Å²) in [6.07, 6.45) is 6.31. The minimum Gasteiger partial charge on any atom is -0.368 e. The number of carbonyl (C=O) groups is 2. The Kier molecular flexibility index (Phi) is 4.68. The summed E-state index contributed by atoms with van der Waals surface area (Å²) >= 11 is 0. The number of amides is 2. The van der Waals surface area contributed by atoms with Crippen LogP contribution < -0.4 is 5.32 Å². The van der Waals surface area contributed by atoms with Crippen LogP contribution in [0.1, 0.15) is 36.0 Å². The van der Waals surface area contributed by atoms with Crippen molar-refractivity contribution in [3.05, 3.63) is 30.1 Å². The van der Waals surface area contributed by atoms with Gasteiger partial charge in [0.15, 0.2) is 0 Å². The zero-order chi connectivity index (χ0) is 15.4. The van der Waals surface area contributed by atoms with E-state index in [2.05, 4.69) is 10.3 Å². The number of pyridine rings is 1. The molecule has 0 unspecified atom stereocenters. The van der Waals surface area contributed by atoms with Crippen LogP contribution >= 0.6 is 0 Å². The summed E-state index contributed by atoms with van der Waals surface area (Å²) in [6.45, 7) is 2.01. The second-order valence-electron chi connectivity index (χ2n) is 5.81. The molecule has 22 heavy (non-hydrogen) atoms. The Hall–Kier alpha value is -1.95. The van der Waals surface area contributed by atoms with Gasteiger partial charge in [0.2, 0.25) is 5.91 Å². The number of nitrogens with zero attached hydrogens (tertiary/aromatic N) is 2. The summed E-state index contributed by atoms with van der Waals surface area (Å²) in [7, 11) is 0. The van der Waals surface area contributed by atoms with Gasteiger partial charge in [0.25, 0.3) is 5.91 Å². The third kappa shape index (κ3) is 3.44. The van der Waals surface area contributed by atoms with Crippen LogP contribution in [0.25, 0.3) is 0 Å². The molecule has 0 bridgehead atoms. The molecule has 1 aromatic heterocycles. The molecule has 2 aliphatic rings. The van der Waals surface area contributed by atoms with Gasteiger partial charge in [-0.25, -0.2) is 0 Å². The van der Waals surface area contributed by atoms with Gasteiger partial charge in [-0.15, -0.1) is 0 Å². The Morgan fingerprint density at radius 3 is 2.55 bits per heavy atom. The summed E-state index contributed by atoms with van der Waals surface area (Å²) < 4.78 is 5.39. The average molecular weight is 303 g/mol. The van der Waals surface area contributed by atoms with E-state index >= 15 is 0 Å². The van der Waals surface area contributed by atoms with Crippen LogP contribution in [-0.2, 0) is 9.53 Å². The number of nitrogens with one attached hydrogen (secondary N) is 1. The second-order valence-corrected chi connectivity index (χ2v) is 5.81. The van der Waals surface area contributed by atoms with Gasteiger partial charge in [-0.05, 0) is 37.8 Å². The lowest BCUT2D eigenvalue weighted by Gasteiger charge is -2.32. The fraction of sp³-hybridized carbons (Fsp3) is 0.562. The van der Waals surface area contributed by atoms with Crippen LogP contribution in [0.3, 0.4) is 0 Å². The number of ether oxygens (including phenoxy) is 1. The first-order valence-electron chi connectivity index (χ1n) is 7.85. The number of hydrogen-bond acceptors (Lipinski definition) is 4. The summed E-state index contributed by atoms with van der Waals surface area (Å²) in [5.74, 6) is 0.0303. The highest BCUT2D eigenvalue weighted by Gasteiger charge is 2.28. The van der Waals surface area contributed by atoms with E-state index in [1.807, 2.05) is 4.90 Å². The van der Waals surface area contributed by atoms with Crippen LogP contribution in [0, 0.1) is 0 Å². The molecule has 0 radical (unpaired) electrons.